The summed E-state index contributed by atoms with van der Waals surface area (Å²) < 4.78 is 0. The molecule has 1 aliphatic heterocycles. The maximum Gasteiger partial charge on any atom is 0.0198 e. The van der Waals surface area contributed by atoms with Crippen molar-refractivity contribution in [1.29, 1.82) is 0 Å². The van der Waals surface area contributed by atoms with Crippen LogP contribution in [-0.2, 0) is 0 Å². The Labute approximate surface area is 119 Å². The van der Waals surface area contributed by atoms with Gasteiger partial charge >= 0.3 is 0 Å². The Morgan fingerprint density at radius 3 is 2.63 bits per heavy atom. The number of nitrogens with zero attached hydrogens (tertiary/aromatic N) is 2. The van der Waals surface area contributed by atoms with E-state index in [1.807, 2.05) is 0 Å². The third-order valence-corrected chi connectivity index (χ3v) is 4.67. The molecule has 0 bridgehead atoms. The van der Waals surface area contributed by atoms with Gasteiger partial charge in [-0.25, -0.2) is 0 Å². The number of hydrogen-bond donors (Lipinski definition) is 1. The molecule has 1 N–H and O–H groups in total. The zero-order chi connectivity index (χ0) is 13.7. The largest absolute Gasteiger partial charge is 0.310 e. The van der Waals surface area contributed by atoms with Crippen molar-refractivity contribution >= 4 is 0 Å². The molecule has 0 aromatic rings. The average Bonchev–Trinajstić information content (AvgIpc) is 3.18. The Morgan fingerprint density at radius 1 is 1.16 bits per heavy atom. The first-order valence-corrected chi connectivity index (χ1v) is 8.34. The highest BCUT2D eigenvalue weighted by Gasteiger charge is 2.27. The van der Waals surface area contributed by atoms with Gasteiger partial charge in [0.15, 0.2) is 0 Å². The number of nitrogens with one attached hydrogen (secondary N) is 1. The lowest BCUT2D eigenvalue weighted by Crippen LogP contribution is -2.46. The molecule has 112 valence electrons. The second-order valence-electron chi connectivity index (χ2n) is 6.86. The summed E-state index contributed by atoms with van der Waals surface area (Å²) in [5, 5.41) is 3.80. The highest BCUT2D eigenvalue weighted by Crippen LogP contribution is 2.22. The van der Waals surface area contributed by atoms with Gasteiger partial charge in [-0.05, 0) is 79.1 Å². The molecule has 0 spiro atoms. The van der Waals surface area contributed by atoms with Crippen LogP contribution in [0.25, 0.3) is 0 Å². The minimum Gasteiger partial charge on any atom is -0.310 e. The van der Waals surface area contributed by atoms with Gasteiger partial charge in [0.05, 0.1) is 0 Å². The van der Waals surface area contributed by atoms with Crippen LogP contribution in [0.3, 0.4) is 0 Å². The Kier molecular flexibility index (Phi) is 6.11. The third kappa shape index (κ3) is 5.80. The van der Waals surface area contributed by atoms with Crippen molar-refractivity contribution in [1.82, 2.24) is 15.1 Å². The van der Waals surface area contributed by atoms with Crippen molar-refractivity contribution < 1.29 is 0 Å². The molecular weight excluding hydrogens is 234 g/mol. The second kappa shape index (κ2) is 7.61. The number of piperidine rings is 1. The monoisotopic (exact) mass is 267 g/mol. The Morgan fingerprint density at radius 2 is 1.95 bits per heavy atom. The van der Waals surface area contributed by atoms with Crippen molar-refractivity contribution in [2.24, 2.45) is 0 Å². The lowest BCUT2D eigenvalue weighted by Gasteiger charge is -2.33. The minimum absolute atomic E-state index is 0.683. The van der Waals surface area contributed by atoms with Gasteiger partial charge in [0.25, 0.3) is 0 Å². The number of likely N-dealkylation sites (tertiary alicyclic amines) is 1. The number of unbranched alkanes of at least 4 members (excludes halogenated alkanes) is 1. The molecule has 1 aliphatic carbocycles. The molecule has 19 heavy (non-hydrogen) atoms. The van der Waals surface area contributed by atoms with Crippen LogP contribution in [0.2, 0.25) is 0 Å². The van der Waals surface area contributed by atoms with E-state index in [4.69, 9.17) is 0 Å². The van der Waals surface area contributed by atoms with E-state index in [1.54, 1.807) is 0 Å². The molecule has 2 fully saturated rings. The highest BCUT2D eigenvalue weighted by molar-refractivity contribution is 4.88. The maximum absolute atomic E-state index is 3.80. The van der Waals surface area contributed by atoms with Crippen LogP contribution in [0, 0.1) is 0 Å². The summed E-state index contributed by atoms with van der Waals surface area (Å²) in [7, 11) is 2.24. The third-order valence-electron chi connectivity index (χ3n) is 4.67. The van der Waals surface area contributed by atoms with Crippen LogP contribution in [0.5, 0.6) is 0 Å². The Bertz CT molecular complexity index is 250. The molecule has 3 nitrogen and oxygen atoms in total. The second-order valence-corrected chi connectivity index (χ2v) is 6.86. The van der Waals surface area contributed by atoms with E-state index in [-0.39, 0.29) is 0 Å². The first kappa shape index (κ1) is 15.3. The molecule has 2 aliphatic rings. The molecule has 1 heterocycles. The van der Waals surface area contributed by atoms with Gasteiger partial charge < -0.3 is 15.1 Å². The van der Waals surface area contributed by atoms with Crippen molar-refractivity contribution in [3.8, 4) is 0 Å². The number of rotatable bonds is 8. The molecule has 2 rings (SSSR count). The quantitative estimate of drug-likeness (QED) is 0.681. The van der Waals surface area contributed by atoms with Crippen molar-refractivity contribution in [3.63, 3.8) is 0 Å². The van der Waals surface area contributed by atoms with E-state index >= 15 is 0 Å². The van der Waals surface area contributed by atoms with Gasteiger partial charge in [0.2, 0.25) is 0 Å². The summed E-state index contributed by atoms with van der Waals surface area (Å²) in [5.74, 6) is 0. The summed E-state index contributed by atoms with van der Waals surface area (Å²) in [6, 6.07) is 2.33. The van der Waals surface area contributed by atoms with Crippen LogP contribution in [0.15, 0.2) is 0 Å². The molecule has 1 unspecified atom stereocenters. The zero-order valence-electron chi connectivity index (χ0n) is 13.2. The lowest BCUT2D eigenvalue weighted by molar-refractivity contribution is 0.182. The van der Waals surface area contributed by atoms with E-state index in [9.17, 15) is 0 Å². The van der Waals surface area contributed by atoms with Gasteiger partial charge in [0.1, 0.15) is 0 Å². The van der Waals surface area contributed by atoms with Gasteiger partial charge in [0, 0.05) is 24.7 Å². The molecule has 1 saturated heterocycles. The first-order chi connectivity index (χ1) is 9.15. The van der Waals surface area contributed by atoms with Crippen LogP contribution < -0.4 is 5.32 Å². The summed E-state index contributed by atoms with van der Waals surface area (Å²) in [6.07, 6.45) is 8.30. The Hall–Kier alpha value is -0.120. The smallest absolute Gasteiger partial charge is 0.0198 e. The SMILES string of the molecule is CC(C)N(C)CCCCN1CCCC(NC2CC2)C1. The van der Waals surface area contributed by atoms with E-state index in [0.29, 0.717) is 6.04 Å². The summed E-state index contributed by atoms with van der Waals surface area (Å²) in [4.78, 5) is 5.13. The fraction of sp³-hybridized carbons (Fsp3) is 1.00. The molecule has 0 aromatic heterocycles. The maximum atomic E-state index is 3.80. The van der Waals surface area contributed by atoms with E-state index in [2.05, 4.69) is 36.0 Å². The van der Waals surface area contributed by atoms with E-state index in [1.165, 1.54) is 64.7 Å². The number of hydrogen-bond acceptors (Lipinski definition) is 3. The Balaban J connectivity index is 1.54. The van der Waals surface area contributed by atoms with E-state index in [0.717, 1.165) is 12.1 Å². The van der Waals surface area contributed by atoms with Crippen molar-refractivity contribution in [2.75, 3.05) is 33.2 Å². The molecule has 1 atom stereocenters. The highest BCUT2D eigenvalue weighted by atomic mass is 15.2. The fourth-order valence-corrected chi connectivity index (χ4v) is 2.93. The topological polar surface area (TPSA) is 18.5 Å². The van der Waals surface area contributed by atoms with Crippen LogP contribution in [0.1, 0.15) is 52.4 Å². The molecule has 0 amide bonds. The molecule has 0 radical (unpaired) electrons. The minimum atomic E-state index is 0.683. The van der Waals surface area contributed by atoms with E-state index < -0.39 is 0 Å². The van der Waals surface area contributed by atoms with Gasteiger partial charge in [-0.15, -0.1) is 0 Å². The zero-order valence-corrected chi connectivity index (χ0v) is 13.2. The molecule has 1 saturated carbocycles. The lowest BCUT2D eigenvalue weighted by atomic mass is 10.1. The predicted molar refractivity (Wildman–Crippen MR) is 82.6 cm³/mol. The molecular formula is C16H33N3. The standard InChI is InChI=1S/C16H33N3/c1-14(2)18(3)10-4-5-11-19-12-6-7-16(13-19)17-15-8-9-15/h14-17H,4-13H2,1-3H3. The average molecular weight is 267 g/mol. The van der Waals surface area contributed by atoms with Gasteiger partial charge in [-0.1, -0.05) is 0 Å². The fourth-order valence-electron chi connectivity index (χ4n) is 2.93. The predicted octanol–water partition coefficient (Wildman–Crippen LogP) is 2.32. The van der Waals surface area contributed by atoms with Crippen LogP contribution >= 0.6 is 0 Å². The summed E-state index contributed by atoms with van der Waals surface area (Å²) in [5.41, 5.74) is 0. The summed E-state index contributed by atoms with van der Waals surface area (Å²) >= 11 is 0. The van der Waals surface area contributed by atoms with Gasteiger partial charge in [-0.2, -0.15) is 0 Å². The van der Waals surface area contributed by atoms with Crippen molar-refractivity contribution in [3.05, 3.63) is 0 Å². The normalized spacial score (nSPS) is 25.4. The first-order valence-electron chi connectivity index (χ1n) is 8.34. The molecule has 3 heteroatoms. The molecule has 0 aromatic carbocycles. The van der Waals surface area contributed by atoms with Crippen LogP contribution in [-0.4, -0.2) is 61.2 Å². The van der Waals surface area contributed by atoms with Gasteiger partial charge in [-0.3, -0.25) is 0 Å². The summed E-state index contributed by atoms with van der Waals surface area (Å²) in [6.45, 7) is 9.71. The van der Waals surface area contributed by atoms with Crippen molar-refractivity contribution in [2.45, 2.75) is 70.5 Å². The van der Waals surface area contributed by atoms with Crippen LogP contribution in [0.4, 0.5) is 0 Å².